The first-order valence-corrected chi connectivity index (χ1v) is 8.50. The summed E-state index contributed by atoms with van der Waals surface area (Å²) in [5, 5.41) is 3.54. The van der Waals surface area contributed by atoms with Crippen molar-refractivity contribution in [3.8, 4) is 17.0 Å². The molecule has 6 nitrogen and oxygen atoms in total. The summed E-state index contributed by atoms with van der Waals surface area (Å²) in [6, 6.07) is 7.19. The number of aromatic nitrogens is 3. The number of amides is 1. The largest absolute Gasteiger partial charge is 0.481 e. The zero-order valence-electron chi connectivity index (χ0n) is 13.4. The molecule has 3 heterocycles. The molecule has 4 rings (SSSR count). The molecule has 0 unspecified atom stereocenters. The molecule has 0 atom stereocenters. The lowest BCUT2D eigenvalue weighted by Crippen LogP contribution is -2.14. The normalized spacial score (nSPS) is 13.8. The quantitative estimate of drug-likeness (QED) is 0.750. The molecular weight excluding hydrogens is 343 g/mol. The number of anilines is 1. The van der Waals surface area contributed by atoms with Crippen molar-refractivity contribution < 1.29 is 13.4 Å². The fourth-order valence-electron chi connectivity index (χ4n) is 2.74. The average molecular weight is 358 g/mol. The Hall–Kier alpha value is -2.61. The molecule has 0 saturated heterocycles. The first kappa shape index (κ1) is 15.9. The SMILES string of the molecule is COc1ncccc1-c1cn(SF)c2nc(NC(=O)C3CC3)ccc12. The van der Waals surface area contributed by atoms with E-state index in [9.17, 15) is 8.68 Å². The van der Waals surface area contributed by atoms with E-state index in [1.165, 1.54) is 3.97 Å². The Morgan fingerprint density at radius 1 is 1.36 bits per heavy atom. The zero-order valence-corrected chi connectivity index (χ0v) is 14.2. The fourth-order valence-corrected chi connectivity index (χ4v) is 3.09. The summed E-state index contributed by atoms with van der Waals surface area (Å²) < 4.78 is 20.0. The molecule has 0 radical (unpaired) electrons. The maximum Gasteiger partial charge on any atom is 0.228 e. The predicted octanol–water partition coefficient (Wildman–Crippen LogP) is 3.84. The third-order valence-electron chi connectivity index (χ3n) is 4.15. The molecule has 3 aromatic heterocycles. The van der Waals surface area contributed by atoms with E-state index in [4.69, 9.17) is 4.74 Å². The van der Waals surface area contributed by atoms with Crippen LogP contribution in [0.3, 0.4) is 0 Å². The third kappa shape index (κ3) is 2.93. The minimum Gasteiger partial charge on any atom is -0.481 e. The maximum absolute atomic E-state index is 13.4. The third-order valence-corrected chi connectivity index (χ3v) is 4.58. The Balaban J connectivity index is 1.80. The van der Waals surface area contributed by atoms with Crippen molar-refractivity contribution >= 4 is 35.1 Å². The van der Waals surface area contributed by atoms with Gasteiger partial charge in [0.15, 0.2) is 18.0 Å². The molecule has 0 aromatic carbocycles. The number of carbonyl (C=O) groups excluding carboxylic acids is 1. The highest BCUT2D eigenvalue weighted by Crippen LogP contribution is 2.37. The first-order chi connectivity index (χ1) is 12.2. The summed E-state index contributed by atoms with van der Waals surface area (Å²) in [6.07, 6.45) is 5.11. The predicted molar refractivity (Wildman–Crippen MR) is 95.0 cm³/mol. The number of methoxy groups -OCH3 is 1. The van der Waals surface area contributed by atoms with Gasteiger partial charge in [-0.2, -0.15) is 0 Å². The van der Waals surface area contributed by atoms with Crippen molar-refractivity contribution in [2.45, 2.75) is 12.8 Å². The molecule has 1 N–H and O–H groups in total. The number of nitrogens with one attached hydrogen (secondary N) is 1. The number of fused-ring (bicyclic) bond motifs is 1. The summed E-state index contributed by atoms with van der Waals surface area (Å²) in [5.41, 5.74) is 1.94. The molecule has 0 bridgehead atoms. The molecule has 128 valence electrons. The van der Waals surface area contributed by atoms with Crippen LogP contribution in [0.15, 0.2) is 36.7 Å². The Labute approximate surface area is 147 Å². The van der Waals surface area contributed by atoms with Gasteiger partial charge in [0.25, 0.3) is 0 Å². The Bertz CT molecular complexity index is 955. The lowest BCUT2D eigenvalue weighted by Gasteiger charge is -2.06. The van der Waals surface area contributed by atoms with Crippen LogP contribution in [0, 0.1) is 5.92 Å². The Morgan fingerprint density at radius 2 is 2.20 bits per heavy atom. The van der Waals surface area contributed by atoms with E-state index in [1.807, 2.05) is 12.1 Å². The van der Waals surface area contributed by atoms with Gasteiger partial charge < -0.3 is 10.1 Å². The number of halogens is 1. The van der Waals surface area contributed by atoms with Crippen LogP contribution in [0.4, 0.5) is 9.70 Å². The van der Waals surface area contributed by atoms with Gasteiger partial charge >= 0.3 is 0 Å². The maximum atomic E-state index is 13.4. The van der Waals surface area contributed by atoms with Crippen LogP contribution < -0.4 is 10.1 Å². The van der Waals surface area contributed by atoms with Crippen LogP contribution in [-0.2, 0) is 4.79 Å². The number of nitrogens with zero attached hydrogens (tertiary/aromatic N) is 3. The molecule has 0 aliphatic heterocycles. The van der Waals surface area contributed by atoms with Crippen LogP contribution >= 0.6 is 12.3 Å². The Morgan fingerprint density at radius 3 is 2.92 bits per heavy atom. The molecule has 3 aromatic rings. The van der Waals surface area contributed by atoms with E-state index in [0.29, 0.717) is 17.3 Å². The van der Waals surface area contributed by atoms with Gasteiger partial charge in [-0.15, -0.1) is 3.89 Å². The van der Waals surface area contributed by atoms with Crippen LogP contribution in [-0.4, -0.2) is 27.0 Å². The Kier molecular flexibility index (Phi) is 4.04. The molecule has 1 saturated carbocycles. The van der Waals surface area contributed by atoms with Crippen molar-refractivity contribution in [3.63, 3.8) is 0 Å². The van der Waals surface area contributed by atoms with E-state index in [0.717, 1.165) is 29.4 Å². The average Bonchev–Trinajstić information content (AvgIpc) is 3.43. The number of rotatable bonds is 5. The van der Waals surface area contributed by atoms with Gasteiger partial charge in [0.2, 0.25) is 11.8 Å². The minimum absolute atomic E-state index is 0.0352. The molecule has 0 spiro atoms. The smallest absolute Gasteiger partial charge is 0.228 e. The summed E-state index contributed by atoms with van der Waals surface area (Å²) in [5.74, 6) is 0.918. The summed E-state index contributed by atoms with van der Waals surface area (Å²) in [4.78, 5) is 20.5. The monoisotopic (exact) mass is 358 g/mol. The van der Waals surface area contributed by atoms with Crippen molar-refractivity contribution in [2.75, 3.05) is 12.4 Å². The van der Waals surface area contributed by atoms with Crippen molar-refractivity contribution in [3.05, 3.63) is 36.7 Å². The number of hydrogen-bond acceptors (Lipinski definition) is 5. The van der Waals surface area contributed by atoms with E-state index in [1.54, 1.807) is 31.6 Å². The van der Waals surface area contributed by atoms with E-state index in [2.05, 4.69) is 15.3 Å². The van der Waals surface area contributed by atoms with Crippen LogP contribution in [0.5, 0.6) is 5.88 Å². The fraction of sp³-hybridized carbons (Fsp3) is 0.235. The highest BCUT2D eigenvalue weighted by atomic mass is 32.2. The first-order valence-electron chi connectivity index (χ1n) is 7.82. The van der Waals surface area contributed by atoms with Gasteiger partial charge in [0.05, 0.1) is 7.11 Å². The summed E-state index contributed by atoms with van der Waals surface area (Å²) in [6.45, 7) is 0. The zero-order chi connectivity index (χ0) is 17.4. The van der Waals surface area contributed by atoms with Crippen molar-refractivity contribution in [2.24, 2.45) is 5.92 Å². The number of ether oxygens (including phenoxy) is 1. The highest BCUT2D eigenvalue weighted by Gasteiger charge is 2.30. The summed E-state index contributed by atoms with van der Waals surface area (Å²) >= 11 is 0.0537. The molecule has 1 fully saturated rings. The standard InChI is InChI=1S/C17H15FN4O2S/c1-24-17-12(3-2-8-19-17)13-9-22(25-18)15-11(13)6-7-14(20-15)21-16(23)10-4-5-10/h2-3,6-10H,4-5H2,1H3,(H,20,21,23). The lowest BCUT2D eigenvalue weighted by atomic mass is 10.1. The van der Waals surface area contributed by atoms with E-state index in [-0.39, 0.29) is 24.2 Å². The van der Waals surface area contributed by atoms with Crippen molar-refractivity contribution in [1.29, 1.82) is 0 Å². The van der Waals surface area contributed by atoms with E-state index >= 15 is 0 Å². The number of carbonyl (C=O) groups is 1. The van der Waals surface area contributed by atoms with Gasteiger partial charge in [0.1, 0.15) is 5.82 Å². The lowest BCUT2D eigenvalue weighted by molar-refractivity contribution is -0.117. The van der Waals surface area contributed by atoms with Crippen LogP contribution in [0.1, 0.15) is 12.8 Å². The highest BCUT2D eigenvalue weighted by molar-refractivity contribution is 7.92. The number of pyridine rings is 2. The molecular formula is C17H15FN4O2S. The molecule has 25 heavy (non-hydrogen) atoms. The van der Waals surface area contributed by atoms with Crippen molar-refractivity contribution in [1.82, 2.24) is 13.9 Å². The van der Waals surface area contributed by atoms with Gasteiger partial charge in [-0.25, -0.2) is 13.9 Å². The second-order valence-corrected chi connectivity index (χ2v) is 6.36. The summed E-state index contributed by atoms with van der Waals surface area (Å²) in [7, 11) is 1.54. The van der Waals surface area contributed by atoms with Gasteiger partial charge in [-0.05, 0) is 37.1 Å². The van der Waals surface area contributed by atoms with Gasteiger partial charge in [-0.1, -0.05) is 0 Å². The second-order valence-electron chi connectivity index (χ2n) is 5.83. The van der Waals surface area contributed by atoms with Crippen LogP contribution in [0.2, 0.25) is 0 Å². The van der Waals surface area contributed by atoms with Gasteiger partial charge in [0, 0.05) is 34.8 Å². The van der Waals surface area contributed by atoms with E-state index < -0.39 is 0 Å². The number of hydrogen-bond donors (Lipinski definition) is 1. The molecule has 1 amide bonds. The van der Waals surface area contributed by atoms with Crippen LogP contribution in [0.25, 0.3) is 22.2 Å². The second kappa shape index (κ2) is 6.36. The molecule has 1 aliphatic carbocycles. The molecule has 1 aliphatic rings. The topological polar surface area (TPSA) is 69.0 Å². The minimum atomic E-state index is -0.0352. The van der Waals surface area contributed by atoms with Gasteiger partial charge in [-0.3, -0.25) is 4.79 Å². The molecule has 8 heteroatoms.